The van der Waals surface area contributed by atoms with Gasteiger partial charge in [0.05, 0.1) is 0 Å². The van der Waals surface area contributed by atoms with Crippen molar-refractivity contribution in [1.29, 1.82) is 0 Å². The van der Waals surface area contributed by atoms with Crippen molar-refractivity contribution in [1.82, 2.24) is 4.90 Å². The van der Waals surface area contributed by atoms with Crippen LogP contribution < -0.4 is 5.73 Å². The minimum Gasteiger partial charge on any atom is -0.480 e. The van der Waals surface area contributed by atoms with Gasteiger partial charge in [-0.05, 0) is 50.5 Å². The molecule has 0 bridgehead atoms. The predicted molar refractivity (Wildman–Crippen MR) is 90.0 cm³/mol. The topological polar surface area (TPSA) is 136 Å². The van der Waals surface area contributed by atoms with Gasteiger partial charge in [-0.1, -0.05) is 0 Å². The Labute approximate surface area is 146 Å². The van der Waals surface area contributed by atoms with E-state index in [1.54, 1.807) is 0 Å². The lowest BCUT2D eigenvalue weighted by Gasteiger charge is -2.48. The molecule has 0 spiro atoms. The highest BCUT2D eigenvalue weighted by molar-refractivity contribution is 6.04. The summed E-state index contributed by atoms with van der Waals surface area (Å²) >= 11 is 0. The van der Waals surface area contributed by atoms with E-state index in [4.69, 9.17) is 10.8 Å². The highest BCUT2D eigenvalue weighted by Gasteiger charge is 2.42. The maximum absolute atomic E-state index is 11.4. The summed E-state index contributed by atoms with van der Waals surface area (Å²) in [7, 11) is 0. The number of aliphatic hydroxyl groups excluding tert-OH is 1. The van der Waals surface area contributed by atoms with Gasteiger partial charge in [0.15, 0.2) is 0 Å². The van der Waals surface area contributed by atoms with E-state index in [9.17, 15) is 19.8 Å². The minimum atomic E-state index is -1.06. The SMILES string of the molecule is N[C@@H](CCC1=CN2[C@H](O)CCC[C@H]2[C@@H]2CC[C@@H](C(=O)O)N=C12)C(=O)O. The molecule has 3 rings (SSSR count). The molecule has 1 saturated heterocycles. The number of aliphatic carboxylic acids is 2. The molecule has 0 aromatic rings. The number of aliphatic imine (C=N–C) groups is 1. The van der Waals surface area contributed by atoms with Crippen molar-refractivity contribution in [2.75, 3.05) is 0 Å². The number of piperidine rings is 1. The van der Waals surface area contributed by atoms with Crippen molar-refractivity contribution >= 4 is 17.7 Å². The number of nitrogens with two attached hydrogens (primary N) is 1. The molecule has 3 aliphatic heterocycles. The first-order valence-electron chi connectivity index (χ1n) is 8.84. The lowest BCUT2D eigenvalue weighted by atomic mass is 9.75. The van der Waals surface area contributed by atoms with Crippen molar-refractivity contribution in [3.63, 3.8) is 0 Å². The summed E-state index contributed by atoms with van der Waals surface area (Å²) in [6, 6.07) is -1.58. The molecule has 0 radical (unpaired) electrons. The molecule has 0 amide bonds. The number of carboxylic acids is 2. The number of carbonyl (C=O) groups is 2. The summed E-state index contributed by atoms with van der Waals surface area (Å²) < 4.78 is 0. The van der Waals surface area contributed by atoms with Crippen LogP contribution in [-0.4, -0.2) is 62.2 Å². The van der Waals surface area contributed by atoms with Crippen LogP contribution >= 0.6 is 0 Å². The second-order valence-electron chi connectivity index (χ2n) is 7.12. The average molecular weight is 351 g/mol. The summed E-state index contributed by atoms with van der Waals surface area (Å²) in [5.41, 5.74) is 7.19. The molecule has 5 atom stereocenters. The van der Waals surface area contributed by atoms with E-state index in [0.29, 0.717) is 25.7 Å². The lowest BCUT2D eigenvalue weighted by Crippen LogP contribution is -2.53. The van der Waals surface area contributed by atoms with Crippen LogP contribution in [0.4, 0.5) is 0 Å². The zero-order valence-corrected chi connectivity index (χ0v) is 14.0. The molecule has 138 valence electrons. The second kappa shape index (κ2) is 7.13. The number of nitrogens with zero attached hydrogens (tertiary/aromatic N) is 2. The highest BCUT2D eigenvalue weighted by Crippen LogP contribution is 2.39. The Hall–Kier alpha value is -1.93. The summed E-state index contributed by atoms with van der Waals surface area (Å²) in [4.78, 5) is 28.8. The molecule has 0 saturated carbocycles. The molecule has 3 aliphatic rings. The quantitative estimate of drug-likeness (QED) is 0.568. The zero-order valence-electron chi connectivity index (χ0n) is 14.0. The predicted octanol–water partition coefficient (Wildman–Crippen LogP) is 0.553. The maximum atomic E-state index is 11.4. The van der Waals surface area contributed by atoms with Gasteiger partial charge in [-0.25, -0.2) is 4.79 Å². The normalized spacial score (nSPS) is 32.8. The van der Waals surface area contributed by atoms with Gasteiger partial charge >= 0.3 is 11.9 Å². The van der Waals surface area contributed by atoms with Crippen LogP contribution in [0.1, 0.15) is 44.9 Å². The van der Waals surface area contributed by atoms with Crippen LogP contribution in [0.5, 0.6) is 0 Å². The molecule has 25 heavy (non-hydrogen) atoms. The van der Waals surface area contributed by atoms with Crippen LogP contribution in [0.2, 0.25) is 0 Å². The number of allylic oxidation sites excluding steroid dienone is 1. The molecular formula is C17H25N3O5. The first-order chi connectivity index (χ1) is 11.9. The number of hydrogen-bond donors (Lipinski definition) is 4. The van der Waals surface area contributed by atoms with E-state index in [0.717, 1.165) is 24.1 Å². The third-order valence-corrected chi connectivity index (χ3v) is 5.51. The molecule has 1 fully saturated rings. The highest BCUT2D eigenvalue weighted by atomic mass is 16.4. The third kappa shape index (κ3) is 3.55. The van der Waals surface area contributed by atoms with Gasteiger partial charge in [-0.15, -0.1) is 0 Å². The van der Waals surface area contributed by atoms with Gasteiger partial charge < -0.3 is 26.0 Å². The van der Waals surface area contributed by atoms with E-state index in [1.165, 1.54) is 0 Å². The molecule has 0 unspecified atom stereocenters. The Morgan fingerprint density at radius 1 is 1.28 bits per heavy atom. The first-order valence-corrected chi connectivity index (χ1v) is 8.84. The fraction of sp³-hybridized carbons (Fsp3) is 0.706. The Balaban J connectivity index is 1.90. The van der Waals surface area contributed by atoms with Crippen LogP contribution in [0.25, 0.3) is 0 Å². The number of aliphatic hydroxyl groups is 1. The molecular weight excluding hydrogens is 326 g/mol. The number of carboxylic acid groups (broad SMARTS) is 2. The van der Waals surface area contributed by atoms with E-state index >= 15 is 0 Å². The number of hydrogen-bond acceptors (Lipinski definition) is 6. The van der Waals surface area contributed by atoms with Crippen molar-refractivity contribution in [2.24, 2.45) is 16.6 Å². The second-order valence-corrected chi connectivity index (χ2v) is 7.12. The van der Waals surface area contributed by atoms with E-state index in [-0.39, 0.29) is 18.4 Å². The molecule has 8 heteroatoms. The van der Waals surface area contributed by atoms with Crippen LogP contribution in [0.3, 0.4) is 0 Å². The van der Waals surface area contributed by atoms with Crippen molar-refractivity contribution in [3.8, 4) is 0 Å². The van der Waals surface area contributed by atoms with Gasteiger partial charge in [0.25, 0.3) is 0 Å². The largest absolute Gasteiger partial charge is 0.480 e. The van der Waals surface area contributed by atoms with Crippen LogP contribution in [0.15, 0.2) is 16.8 Å². The van der Waals surface area contributed by atoms with E-state index < -0.39 is 30.3 Å². The fourth-order valence-electron chi connectivity index (χ4n) is 4.17. The molecule has 3 heterocycles. The van der Waals surface area contributed by atoms with Crippen molar-refractivity contribution in [2.45, 2.75) is 69.3 Å². The van der Waals surface area contributed by atoms with Crippen LogP contribution in [0, 0.1) is 5.92 Å². The van der Waals surface area contributed by atoms with Gasteiger partial charge in [-0.3, -0.25) is 9.79 Å². The Bertz CT molecular complexity index is 617. The van der Waals surface area contributed by atoms with Gasteiger partial charge in [0, 0.05) is 23.9 Å². The van der Waals surface area contributed by atoms with Gasteiger partial charge in [0.2, 0.25) is 0 Å². The Kier molecular flexibility index (Phi) is 5.10. The maximum Gasteiger partial charge on any atom is 0.328 e. The Morgan fingerprint density at radius 3 is 2.72 bits per heavy atom. The lowest BCUT2D eigenvalue weighted by molar-refractivity contribution is -0.139. The van der Waals surface area contributed by atoms with E-state index in [2.05, 4.69) is 4.99 Å². The summed E-state index contributed by atoms with van der Waals surface area (Å²) in [5.74, 6) is -1.90. The molecule has 0 aromatic heterocycles. The van der Waals surface area contributed by atoms with Crippen LogP contribution in [-0.2, 0) is 9.59 Å². The molecule has 0 aliphatic carbocycles. The molecule has 5 N–H and O–H groups in total. The standard InChI is InChI=1S/C17H25N3O5/c18-11(16(22)23)6-4-9-8-20-13(2-1-3-14(20)21)10-5-7-12(17(24)25)19-15(9)10/h8,10-14,21H,1-7,18H2,(H,22,23)(H,24,25)/t10-,11-,12-,13-,14+/m0/s1. The monoisotopic (exact) mass is 351 g/mol. The number of fused-ring (bicyclic) bond motifs is 3. The molecule has 0 aromatic carbocycles. The summed E-state index contributed by atoms with van der Waals surface area (Å²) in [6.07, 6.45) is 5.73. The minimum absolute atomic E-state index is 0.0894. The first kappa shape index (κ1) is 17.9. The van der Waals surface area contributed by atoms with Crippen molar-refractivity contribution < 1.29 is 24.9 Å². The summed E-state index contributed by atoms with van der Waals surface area (Å²) in [6.45, 7) is 0. The number of rotatable bonds is 5. The Morgan fingerprint density at radius 2 is 2.04 bits per heavy atom. The van der Waals surface area contributed by atoms with Gasteiger partial charge in [-0.2, -0.15) is 0 Å². The average Bonchev–Trinajstić information content (AvgIpc) is 2.59. The smallest absolute Gasteiger partial charge is 0.328 e. The van der Waals surface area contributed by atoms with E-state index in [1.807, 2.05) is 11.1 Å². The zero-order chi connectivity index (χ0) is 18.1. The fourth-order valence-corrected chi connectivity index (χ4v) is 4.17. The van der Waals surface area contributed by atoms with Crippen molar-refractivity contribution in [3.05, 3.63) is 11.8 Å². The van der Waals surface area contributed by atoms with Gasteiger partial charge in [0.1, 0.15) is 18.3 Å². The third-order valence-electron chi connectivity index (χ3n) is 5.51. The summed E-state index contributed by atoms with van der Waals surface area (Å²) in [5, 5.41) is 28.6. The molecule has 8 nitrogen and oxygen atoms in total.